The summed E-state index contributed by atoms with van der Waals surface area (Å²) in [5, 5.41) is 0. The van der Waals surface area contributed by atoms with E-state index < -0.39 is 11.6 Å². The summed E-state index contributed by atoms with van der Waals surface area (Å²) in [6, 6.07) is 8.21. The van der Waals surface area contributed by atoms with Crippen molar-refractivity contribution in [2.24, 2.45) is 0 Å². The lowest BCUT2D eigenvalue weighted by Gasteiger charge is -2.19. The van der Waals surface area contributed by atoms with Crippen molar-refractivity contribution in [3.63, 3.8) is 0 Å². The van der Waals surface area contributed by atoms with Crippen molar-refractivity contribution in [1.29, 1.82) is 0 Å². The number of benzene rings is 2. The van der Waals surface area contributed by atoms with Crippen LogP contribution in [0.1, 0.15) is 35.6 Å². The lowest BCUT2D eigenvalue weighted by atomic mass is 9.87. The highest BCUT2D eigenvalue weighted by atomic mass is 19.2. The Bertz CT molecular complexity index is 745. The van der Waals surface area contributed by atoms with Gasteiger partial charge in [-0.15, -0.1) is 0 Å². The van der Waals surface area contributed by atoms with E-state index in [0.717, 1.165) is 17.6 Å². The highest BCUT2D eigenvalue weighted by molar-refractivity contribution is 5.71. The van der Waals surface area contributed by atoms with Gasteiger partial charge in [0.2, 0.25) is 0 Å². The fourth-order valence-corrected chi connectivity index (χ4v) is 3.01. The van der Waals surface area contributed by atoms with E-state index in [2.05, 4.69) is 0 Å². The minimum Gasteiger partial charge on any atom is -0.207 e. The lowest BCUT2D eigenvalue weighted by Crippen LogP contribution is -2.07. The fourth-order valence-electron chi connectivity index (χ4n) is 3.01. The summed E-state index contributed by atoms with van der Waals surface area (Å²) in [5.41, 5.74) is 2.90. The van der Waals surface area contributed by atoms with Crippen LogP contribution >= 0.6 is 0 Å². The summed E-state index contributed by atoms with van der Waals surface area (Å²) in [7, 11) is 0. The molecule has 0 saturated carbocycles. The van der Waals surface area contributed by atoms with Crippen LogP contribution in [0.2, 0.25) is 0 Å². The van der Waals surface area contributed by atoms with Gasteiger partial charge in [0.05, 0.1) is 0 Å². The smallest absolute Gasteiger partial charge is 0.166 e. The first-order valence-corrected chi connectivity index (χ1v) is 7.54. The summed E-state index contributed by atoms with van der Waals surface area (Å²) in [6.07, 6.45) is 3.93. The average Bonchev–Trinajstić information content (AvgIpc) is 2.52. The molecular formula is C19H17F3. The molecule has 0 radical (unpaired) electrons. The minimum atomic E-state index is -0.794. The molecule has 0 amide bonds. The second-order valence-corrected chi connectivity index (χ2v) is 5.64. The van der Waals surface area contributed by atoms with Gasteiger partial charge in [0.25, 0.3) is 0 Å². The van der Waals surface area contributed by atoms with E-state index in [1.54, 1.807) is 24.3 Å². The number of hydrogen-bond acceptors (Lipinski definition) is 0. The average molecular weight is 302 g/mol. The molecule has 0 bridgehead atoms. The third-order valence-electron chi connectivity index (χ3n) is 4.18. The van der Waals surface area contributed by atoms with E-state index in [9.17, 15) is 13.2 Å². The van der Waals surface area contributed by atoms with Crippen LogP contribution in [0.4, 0.5) is 13.2 Å². The molecule has 2 aromatic rings. The Balaban J connectivity index is 1.97. The molecule has 0 aliphatic heterocycles. The van der Waals surface area contributed by atoms with Crippen LogP contribution < -0.4 is 0 Å². The first-order valence-electron chi connectivity index (χ1n) is 7.54. The van der Waals surface area contributed by atoms with Gasteiger partial charge < -0.3 is 0 Å². The number of rotatable bonds is 3. The topological polar surface area (TPSA) is 0 Å². The molecule has 3 rings (SSSR count). The fraction of sp³-hybridized carbons (Fsp3) is 0.263. The first kappa shape index (κ1) is 14.9. The quantitative estimate of drug-likeness (QED) is 0.727. The molecule has 0 spiro atoms. The Morgan fingerprint density at radius 1 is 1.00 bits per heavy atom. The first-order chi connectivity index (χ1) is 10.6. The van der Waals surface area contributed by atoms with Gasteiger partial charge in [-0.25, -0.2) is 13.2 Å². The maximum Gasteiger partial charge on any atom is 0.166 e. The number of fused-ring (bicyclic) bond motifs is 1. The van der Waals surface area contributed by atoms with E-state index in [0.29, 0.717) is 30.4 Å². The zero-order valence-corrected chi connectivity index (χ0v) is 12.4. The normalized spacial score (nSPS) is 13.7. The molecule has 0 saturated heterocycles. The maximum absolute atomic E-state index is 14.3. The number of aryl methyl sites for hydroxylation is 1. The Kier molecular flexibility index (Phi) is 4.06. The van der Waals surface area contributed by atoms with Gasteiger partial charge in [0, 0.05) is 5.56 Å². The standard InChI is InChI=1S/C19H17F3/c1-2-4-12-7-10-16(19(22)18(12)21)14-8-9-15-13(11-14)5-3-6-17(15)20/h3,5-8,10H,2,4,9,11H2,1H3. The molecule has 1 aliphatic rings. The largest absolute Gasteiger partial charge is 0.207 e. The van der Waals surface area contributed by atoms with Crippen LogP contribution in [0.15, 0.2) is 36.4 Å². The lowest BCUT2D eigenvalue weighted by molar-refractivity contribution is 0.495. The predicted molar refractivity (Wildman–Crippen MR) is 82.1 cm³/mol. The van der Waals surface area contributed by atoms with Crippen molar-refractivity contribution in [2.75, 3.05) is 0 Å². The molecule has 0 aromatic heterocycles. The van der Waals surface area contributed by atoms with Crippen molar-refractivity contribution in [3.05, 3.63) is 76.1 Å². The number of allylic oxidation sites excluding steroid dienone is 2. The van der Waals surface area contributed by atoms with Crippen LogP contribution in [0.3, 0.4) is 0 Å². The third kappa shape index (κ3) is 2.56. The second-order valence-electron chi connectivity index (χ2n) is 5.64. The van der Waals surface area contributed by atoms with Crippen LogP contribution in [-0.4, -0.2) is 0 Å². The van der Waals surface area contributed by atoms with Gasteiger partial charge in [-0.05, 0) is 47.6 Å². The van der Waals surface area contributed by atoms with Crippen LogP contribution in [0.25, 0.3) is 5.57 Å². The van der Waals surface area contributed by atoms with Crippen LogP contribution in [0.5, 0.6) is 0 Å². The number of hydrogen-bond donors (Lipinski definition) is 0. The SMILES string of the molecule is CCCc1ccc(C2=CCc3c(F)cccc3C2)c(F)c1F. The highest BCUT2D eigenvalue weighted by Gasteiger charge is 2.20. The molecule has 0 atom stereocenters. The zero-order valence-electron chi connectivity index (χ0n) is 12.4. The van der Waals surface area contributed by atoms with E-state index in [-0.39, 0.29) is 11.4 Å². The maximum atomic E-state index is 14.3. The predicted octanol–water partition coefficient (Wildman–Crippen LogP) is 5.24. The molecule has 0 nitrogen and oxygen atoms in total. The third-order valence-corrected chi connectivity index (χ3v) is 4.18. The van der Waals surface area contributed by atoms with Crippen LogP contribution in [-0.2, 0) is 19.3 Å². The van der Waals surface area contributed by atoms with Crippen molar-refractivity contribution >= 4 is 5.57 Å². The molecule has 0 fully saturated rings. The van der Waals surface area contributed by atoms with Gasteiger partial charge in [-0.1, -0.05) is 43.7 Å². The van der Waals surface area contributed by atoms with Gasteiger partial charge in [0.15, 0.2) is 11.6 Å². The zero-order chi connectivity index (χ0) is 15.7. The van der Waals surface area contributed by atoms with Crippen molar-refractivity contribution in [2.45, 2.75) is 32.6 Å². The Morgan fingerprint density at radius 3 is 2.59 bits per heavy atom. The van der Waals surface area contributed by atoms with E-state index in [1.807, 2.05) is 13.0 Å². The monoisotopic (exact) mass is 302 g/mol. The van der Waals surface area contributed by atoms with Gasteiger partial charge in [-0.2, -0.15) is 0 Å². The number of halogens is 3. The molecule has 1 aliphatic carbocycles. The molecule has 3 heteroatoms. The molecule has 0 N–H and O–H groups in total. The molecule has 22 heavy (non-hydrogen) atoms. The summed E-state index contributed by atoms with van der Waals surface area (Å²) in [6.45, 7) is 1.93. The van der Waals surface area contributed by atoms with Gasteiger partial charge in [0.1, 0.15) is 5.82 Å². The highest BCUT2D eigenvalue weighted by Crippen LogP contribution is 2.31. The molecule has 0 unspecified atom stereocenters. The van der Waals surface area contributed by atoms with E-state index >= 15 is 0 Å². The van der Waals surface area contributed by atoms with E-state index in [4.69, 9.17) is 0 Å². The summed E-state index contributed by atoms with van der Waals surface area (Å²) < 4.78 is 42.2. The summed E-state index contributed by atoms with van der Waals surface area (Å²) in [4.78, 5) is 0. The van der Waals surface area contributed by atoms with Crippen molar-refractivity contribution < 1.29 is 13.2 Å². The molecule has 0 heterocycles. The summed E-state index contributed by atoms with van der Waals surface area (Å²) >= 11 is 0. The van der Waals surface area contributed by atoms with E-state index in [1.165, 1.54) is 6.07 Å². The van der Waals surface area contributed by atoms with Crippen molar-refractivity contribution in [3.8, 4) is 0 Å². The second kappa shape index (κ2) is 5.99. The van der Waals surface area contributed by atoms with Crippen molar-refractivity contribution in [1.82, 2.24) is 0 Å². The molecule has 2 aromatic carbocycles. The van der Waals surface area contributed by atoms with Gasteiger partial charge >= 0.3 is 0 Å². The van der Waals surface area contributed by atoms with Gasteiger partial charge in [-0.3, -0.25) is 0 Å². The Labute approximate surface area is 128 Å². The minimum absolute atomic E-state index is 0.238. The summed E-state index contributed by atoms with van der Waals surface area (Å²) in [5.74, 6) is -1.79. The van der Waals surface area contributed by atoms with Crippen LogP contribution in [0, 0.1) is 17.5 Å². The molecular weight excluding hydrogens is 285 g/mol. The Hall–Kier alpha value is -2.03. The molecule has 114 valence electrons. The Morgan fingerprint density at radius 2 is 1.82 bits per heavy atom.